The number of hydrogen-bond donors (Lipinski definition) is 4. The van der Waals surface area contributed by atoms with E-state index >= 15 is 0 Å². The van der Waals surface area contributed by atoms with Crippen LogP contribution in [0.4, 0.5) is 15.1 Å². The topological polar surface area (TPSA) is 149 Å². The van der Waals surface area contributed by atoms with Crippen LogP contribution in [-0.2, 0) is 17.7 Å². The molecule has 11 nitrogen and oxygen atoms in total. The predicted octanol–water partition coefficient (Wildman–Crippen LogP) is 4.10. The van der Waals surface area contributed by atoms with Gasteiger partial charge in [0.1, 0.15) is 28.9 Å². The molecule has 4 rings (SSSR count). The number of halogens is 1. The molecule has 12 heteroatoms. The first-order chi connectivity index (χ1) is 18.5. The molecule has 1 aromatic carbocycles. The van der Waals surface area contributed by atoms with E-state index in [9.17, 15) is 9.18 Å². The van der Waals surface area contributed by atoms with Gasteiger partial charge in [-0.1, -0.05) is 0 Å². The monoisotopic (exact) mass is 534 g/mol. The quantitative estimate of drug-likeness (QED) is 0.316. The molecule has 0 spiro atoms. The Morgan fingerprint density at radius 2 is 2.18 bits per heavy atom. The summed E-state index contributed by atoms with van der Waals surface area (Å²) < 4.78 is 27.4. The van der Waals surface area contributed by atoms with Crippen LogP contribution in [0.25, 0.3) is 11.3 Å². The molecule has 3 aromatic rings. The van der Waals surface area contributed by atoms with Gasteiger partial charge in [-0.3, -0.25) is 9.81 Å². The molecular weight excluding hydrogens is 503 g/mol. The molecule has 1 aliphatic rings. The van der Waals surface area contributed by atoms with Crippen LogP contribution < -0.4 is 20.7 Å². The lowest BCUT2D eigenvalue weighted by molar-refractivity contribution is 0.0507. The Morgan fingerprint density at radius 3 is 2.87 bits per heavy atom. The van der Waals surface area contributed by atoms with Crippen LogP contribution in [0.3, 0.4) is 0 Å². The lowest BCUT2D eigenvalue weighted by Crippen LogP contribution is -2.34. The van der Waals surface area contributed by atoms with E-state index in [0.717, 1.165) is 5.56 Å². The van der Waals surface area contributed by atoms with Gasteiger partial charge in [0.05, 0.1) is 23.9 Å². The van der Waals surface area contributed by atoms with Crippen molar-refractivity contribution in [1.29, 1.82) is 10.7 Å². The number of hydrogen-bond acceptors (Lipinski definition) is 9. The summed E-state index contributed by atoms with van der Waals surface area (Å²) in [6.45, 7) is 7.77. The largest absolute Gasteiger partial charge is 0.493 e. The number of amides is 1. The molecule has 0 radical (unpaired) electrons. The van der Waals surface area contributed by atoms with Crippen molar-refractivity contribution < 1.29 is 18.7 Å². The highest BCUT2D eigenvalue weighted by Crippen LogP contribution is 2.31. The Labute approximate surface area is 225 Å². The third-order valence-electron chi connectivity index (χ3n) is 6.02. The number of alkyl carbamates (subject to hydrolysis) is 1. The molecule has 0 saturated carbocycles. The van der Waals surface area contributed by atoms with E-state index in [2.05, 4.69) is 20.9 Å². The summed E-state index contributed by atoms with van der Waals surface area (Å²) in [6.07, 6.45) is 4.69. The summed E-state index contributed by atoms with van der Waals surface area (Å²) in [4.78, 5) is 21.7. The first-order valence-corrected chi connectivity index (χ1v) is 12.4. The van der Waals surface area contributed by atoms with Crippen LogP contribution in [0.2, 0.25) is 0 Å². The highest BCUT2D eigenvalue weighted by Gasteiger charge is 2.23. The Hall–Kier alpha value is -4.66. The van der Waals surface area contributed by atoms with E-state index in [0.29, 0.717) is 52.9 Å². The standard InChI is InChI=1S/C27H31FN8O3/c1-15(34-26(37)39-27(2,3)4)22-14-36-24(35-22)19(21(31-5)10-16(30)11-29)13-33-25(36)32-12-18-17-8-9-38-23(17)7-6-20(18)28/h6-7,10,13-15,30-31H,8-9,12H2,1-5H3,(H,32,33)(H,34,37)/b21-10-,30-16?. The molecule has 1 aliphatic heterocycles. The molecule has 4 N–H and O–H groups in total. The van der Waals surface area contributed by atoms with Gasteiger partial charge in [-0.15, -0.1) is 0 Å². The molecule has 1 atom stereocenters. The van der Waals surface area contributed by atoms with Crippen LogP contribution in [0, 0.1) is 22.6 Å². The van der Waals surface area contributed by atoms with Crippen molar-refractivity contribution in [2.45, 2.75) is 52.3 Å². The van der Waals surface area contributed by atoms with E-state index < -0.39 is 17.7 Å². The highest BCUT2D eigenvalue weighted by molar-refractivity contribution is 6.09. The van der Waals surface area contributed by atoms with E-state index in [-0.39, 0.29) is 18.1 Å². The second kappa shape index (κ2) is 11.0. The minimum absolute atomic E-state index is 0.160. The lowest BCUT2D eigenvalue weighted by atomic mass is 10.0. The zero-order valence-corrected chi connectivity index (χ0v) is 22.5. The van der Waals surface area contributed by atoms with E-state index in [1.54, 1.807) is 63.7 Å². The first-order valence-electron chi connectivity index (χ1n) is 12.4. The lowest BCUT2D eigenvalue weighted by Gasteiger charge is -2.21. The SMILES string of the molecule is CN/C(=C\C(=N)C#N)c1cnc(NCc2c(F)ccc3c2CCO3)n2cc(C(C)NC(=O)OC(C)(C)C)nc12. The zero-order valence-electron chi connectivity index (χ0n) is 22.5. The number of ether oxygens (including phenoxy) is 2. The van der Waals surface area contributed by atoms with Gasteiger partial charge in [0, 0.05) is 49.2 Å². The average Bonchev–Trinajstić information content (AvgIpc) is 3.53. The maximum absolute atomic E-state index is 14.7. The van der Waals surface area contributed by atoms with Crippen LogP contribution in [0.15, 0.2) is 30.6 Å². The number of nitrogens with zero attached hydrogens (tertiary/aromatic N) is 4. The first kappa shape index (κ1) is 27.4. The molecule has 0 bridgehead atoms. The Bertz CT molecular complexity index is 1500. The second-order valence-corrected chi connectivity index (χ2v) is 10.0. The molecule has 1 amide bonds. The molecule has 0 fully saturated rings. The number of allylic oxidation sites excluding steroid dienone is 1. The fraction of sp³-hybridized carbons (Fsp3) is 0.370. The van der Waals surface area contributed by atoms with Gasteiger partial charge in [-0.25, -0.2) is 19.2 Å². The van der Waals surface area contributed by atoms with Crippen molar-refractivity contribution in [3.8, 4) is 11.8 Å². The minimum Gasteiger partial charge on any atom is -0.493 e. The van der Waals surface area contributed by atoms with Gasteiger partial charge in [0.15, 0.2) is 5.65 Å². The molecule has 3 heterocycles. The number of benzene rings is 1. The highest BCUT2D eigenvalue weighted by atomic mass is 19.1. The summed E-state index contributed by atoms with van der Waals surface area (Å²) in [5.74, 6) is 0.729. The van der Waals surface area contributed by atoms with Gasteiger partial charge in [-0.2, -0.15) is 5.26 Å². The van der Waals surface area contributed by atoms with Crippen LogP contribution >= 0.6 is 0 Å². The van der Waals surface area contributed by atoms with E-state index in [4.69, 9.17) is 25.1 Å². The van der Waals surface area contributed by atoms with Crippen LogP contribution in [-0.4, -0.2) is 45.4 Å². The van der Waals surface area contributed by atoms with E-state index in [1.165, 1.54) is 12.1 Å². The van der Waals surface area contributed by atoms with Crippen molar-refractivity contribution in [3.63, 3.8) is 0 Å². The number of imidazole rings is 1. The van der Waals surface area contributed by atoms with Gasteiger partial charge >= 0.3 is 6.09 Å². The molecule has 204 valence electrons. The van der Waals surface area contributed by atoms with Crippen molar-refractivity contribution in [2.75, 3.05) is 19.0 Å². The predicted molar refractivity (Wildman–Crippen MR) is 144 cm³/mol. The molecular formula is C27H31FN8O3. The Kier molecular flexibility index (Phi) is 7.71. The third kappa shape index (κ3) is 6.09. The summed E-state index contributed by atoms with van der Waals surface area (Å²) in [6, 6.07) is 4.29. The summed E-state index contributed by atoms with van der Waals surface area (Å²) in [7, 11) is 1.66. The Morgan fingerprint density at radius 1 is 1.41 bits per heavy atom. The maximum atomic E-state index is 14.7. The van der Waals surface area contributed by atoms with Crippen molar-refractivity contribution in [2.24, 2.45) is 0 Å². The number of anilines is 1. The van der Waals surface area contributed by atoms with Gasteiger partial charge < -0.3 is 25.4 Å². The fourth-order valence-electron chi connectivity index (χ4n) is 4.22. The number of nitriles is 1. The number of carbonyl (C=O) groups excluding carboxylic acids is 1. The van der Waals surface area contributed by atoms with Crippen molar-refractivity contribution in [1.82, 2.24) is 25.0 Å². The smallest absolute Gasteiger partial charge is 0.408 e. The van der Waals surface area contributed by atoms with Crippen molar-refractivity contribution >= 4 is 29.1 Å². The molecule has 39 heavy (non-hydrogen) atoms. The summed E-state index contributed by atoms with van der Waals surface area (Å²) in [5.41, 5.74) is 2.38. The van der Waals surface area contributed by atoms with E-state index in [1.807, 2.05) is 0 Å². The number of aromatic nitrogens is 3. The number of nitrogens with one attached hydrogen (secondary N) is 4. The number of carbonyl (C=O) groups is 1. The van der Waals surface area contributed by atoms with Crippen LogP contribution in [0.1, 0.15) is 56.1 Å². The van der Waals surface area contributed by atoms with Gasteiger partial charge in [0.25, 0.3) is 0 Å². The van der Waals surface area contributed by atoms with Crippen LogP contribution in [0.5, 0.6) is 5.75 Å². The zero-order chi connectivity index (χ0) is 28.3. The number of rotatable bonds is 8. The molecule has 2 aromatic heterocycles. The minimum atomic E-state index is -0.660. The fourth-order valence-corrected chi connectivity index (χ4v) is 4.22. The molecule has 0 saturated heterocycles. The van der Waals surface area contributed by atoms with Gasteiger partial charge in [-0.05, 0) is 45.9 Å². The number of fused-ring (bicyclic) bond motifs is 2. The normalized spacial score (nSPS) is 13.7. The average molecular weight is 535 g/mol. The van der Waals surface area contributed by atoms with Gasteiger partial charge in [0.2, 0.25) is 5.95 Å². The third-order valence-corrected chi connectivity index (χ3v) is 6.02. The maximum Gasteiger partial charge on any atom is 0.408 e. The molecule has 1 unspecified atom stereocenters. The second-order valence-electron chi connectivity index (χ2n) is 10.0. The Balaban J connectivity index is 1.73. The molecule has 0 aliphatic carbocycles. The summed E-state index contributed by atoms with van der Waals surface area (Å²) in [5, 5.41) is 25.9. The summed E-state index contributed by atoms with van der Waals surface area (Å²) >= 11 is 0. The van der Waals surface area contributed by atoms with Crippen molar-refractivity contribution in [3.05, 3.63) is 58.8 Å².